The van der Waals surface area contributed by atoms with Crippen molar-refractivity contribution < 1.29 is 19.1 Å². The van der Waals surface area contributed by atoms with Gasteiger partial charge in [-0.1, -0.05) is 25.1 Å². The van der Waals surface area contributed by atoms with Gasteiger partial charge in [0.05, 0.1) is 0 Å². The molecule has 146 valence electrons. The smallest absolute Gasteiger partial charge is 0.339 e. The largest absolute Gasteiger partial charge is 0.478 e. The van der Waals surface area contributed by atoms with Crippen LogP contribution in [0.3, 0.4) is 0 Å². The van der Waals surface area contributed by atoms with Gasteiger partial charge in [-0.2, -0.15) is 0 Å². The molecule has 0 bridgehead atoms. The molecule has 1 amide bonds. The van der Waals surface area contributed by atoms with E-state index < -0.39 is 5.97 Å². The van der Waals surface area contributed by atoms with Gasteiger partial charge in [-0.15, -0.1) is 0 Å². The zero-order chi connectivity index (χ0) is 19.8. The number of hydrogen-bond acceptors (Lipinski definition) is 3. The first-order valence-electron chi connectivity index (χ1n) is 9.72. The van der Waals surface area contributed by atoms with Crippen molar-refractivity contribution in [1.29, 1.82) is 0 Å². The number of para-hydroxylation sites is 1. The molecule has 3 heterocycles. The molecule has 1 aliphatic rings. The fourth-order valence-corrected chi connectivity index (χ4v) is 4.33. The highest BCUT2D eigenvalue weighted by atomic mass is 16.4. The minimum atomic E-state index is -1.06. The van der Waals surface area contributed by atoms with E-state index in [2.05, 4.69) is 30.1 Å². The number of aryl methyl sites for hydroxylation is 2. The van der Waals surface area contributed by atoms with Crippen LogP contribution < -0.4 is 0 Å². The second-order valence-corrected chi connectivity index (χ2v) is 7.38. The summed E-state index contributed by atoms with van der Waals surface area (Å²) >= 11 is 0. The minimum Gasteiger partial charge on any atom is -0.478 e. The summed E-state index contributed by atoms with van der Waals surface area (Å²) in [5.74, 6) is -0.418. The summed E-state index contributed by atoms with van der Waals surface area (Å²) in [4.78, 5) is 29.4. The molecule has 3 aromatic rings. The number of nitrogens with one attached hydrogen (secondary N) is 1. The van der Waals surface area contributed by atoms with Crippen molar-refractivity contribution in [2.75, 3.05) is 13.1 Å². The third-order valence-corrected chi connectivity index (χ3v) is 5.71. The molecule has 1 aliphatic heterocycles. The van der Waals surface area contributed by atoms with Crippen molar-refractivity contribution in [2.45, 2.75) is 39.0 Å². The van der Waals surface area contributed by atoms with Gasteiger partial charge in [0.1, 0.15) is 11.3 Å². The van der Waals surface area contributed by atoms with Crippen molar-refractivity contribution in [3.63, 3.8) is 0 Å². The van der Waals surface area contributed by atoms with Crippen molar-refractivity contribution in [1.82, 2.24) is 9.88 Å². The molecule has 6 nitrogen and oxygen atoms in total. The number of fused-ring (bicyclic) bond motifs is 1. The lowest BCUT2D eigenvalue weighted by Gasteiger charge is -2.32. The summed E-state index contributed by atoms with van der Waals surface area (Å²) in [6.45, 7) is 5.18. The van der Waals surface area contributed by atoms with Crippen LogP contribution in [0.25, 0.3) is 10.9 Å². The number of furan rings is 1. The summed E-state index contributed by atoms with van der Waals surface area (Å²) in [7, 11) is 0. The second-order valence-electron chi connectivity index (χ2n) is 7.38. The number of H-pyrrole nitrogens is 1. The van der Waals surface area contributed by atoms with Crippen LogP contribution >= 0.6 is 0 Å². The summed E-state index contributed by atoms with van der Waals surface area (Å²) in [5, 5.41) is 10.5. The van der Waals surface area contributed by atoms with Crippen molar-refractivity contribution in [2.24, 2.45) is 0 Å². The number of piperidine rings is 1. The lowest BCUT2D eigenvalue weighted by atomic mass is 9.87. The van der Waals surface area contributed by atoms with E-state index in [1.165, 1.54) is 22.7 Å². The molecular formula is C22H24N2O4. The van der Waals surface area contributed by atoms with Crippen LogP contribution in [0.4, 0.5) is 0 Å². The van der Waals surface area contributed by atoms with Crippen LogP contribution in [0.15, 0.2) is 34.7 Å². The monoisotopic (exact) mass is 380 g/mol. The number of nitrogens with zero attached hydrogens (tertiary/aromatic N) is 1. The molecule has 0 saturated carbocycles. The molecular weight excluding hydrogens is 356 g/mol. The Morgan fingerprint density at radius 1 is 1.25 bits per heavy atom. The number of likely N-dealkylation sites (tertiary alicyclic amines) is 1. The second kappa shape index (κ2) is 7.19. The van der Waals surface area contributed by atoms with E-state index in [-0.39, 0.29) is 17.2 Å². The number of carboxylic acids is 1. The fourth-order valence-electron chi connectivity index (χ4n) is 4.33. The first-order chi connectivity index (χ1) is 13.5. The molecule has 0 radical (unpaired) electrons. The molecule has 28 heavy (non-hydrogen) atoms. The molecule has 1 aromatic carbocycles. The molecule has 1 fully saturated rings. The summed E-state index contributed by atoms with van der Waals surface area (Å²) in [5.41, 5.74) is 3.77. The number of carbonyl (C=O) groups excluding carboxylic acids is 1. The number of hydrogen-bond donors (Lipinski definition) is 2. The lowest BCUT2D eigenvalue weighted by Crippen LogP contribution is -2.37. The average molecular weight is 380 g/mol. The van der Waals surface area contributed by atoms with E-state index in [4.69, 9.17) is 4.42 Å². The number of aromatic nitrogens is 1. The number of aromatic carboxylic acids is 1. The van der Waals surface area contributed by atoms with Crippen LogP contribution in [0.2, 0.25) is 0 Å². The Morgan fingerprint density at radius 3 is 2.61 bits per heavy atom. The van der Waals surface area contributed by atoms with Gasteiger partial charge in [0.15, 0.2) is 5.76 Å². The van der Waals surface area contributed by atoms with Crippen LogP contribution in [-0.2, 0) is 6.42 Å². The number of aromatic amines is 1. The molecule has 2 N–H and O–H groups in total. The van der Waals surface area contributed by atoms with Crippen LogP contribution in [0, 0.1) is 6.92 Å². The van der Waals surface area contributed by atoms with E-state index in [9.17, 15) is 14.7 Å². The van der Waals surface area contributed by atoms with E-state index >= 15 is 0 Å². The van der Waals surface area contributed by atoms with Crippen molar-refractivity contribution >= 4 is 22.8 Å². The van der Waals surface area contributed by atoms with Crippen LogP contribution in [-0.4, -0.2) is 40.0 Å². The molecule has 2 aromatic heterocycles. The highest BCUT2D eigenvalue weighted by Gasteiger charge is 2.29. The number of benzene rings is 1. The van der Waals surface area contributed by atoms with Gasteiger partial charge in [-0.25, -0.2) is 4.79 Å². The Balaban J connectivity index is 1.50. The standard InChI is InChI=1S/C22H24N2O4/c1-3-18-16(22(26)27)12-19(28-18)21(25)24-10-8-14(9-11-24)20-13(2)23-17-7-5-4-6-15(17)20/h4-7,12,14,23H,3,8-11H2,1-2H3,(H,26,27). The normalized spacial score (nSPS) is 15.3. The van der Waals surface area contributed by atoms with E-state index in [1.807, 2.05) is 13.0 Å². The average Bonchev–Trinajstić information content (AvgIpc) is 3.28. The number of rotatable bonds is 4. The van der Waals surface area contributed by atoms with Crippen LogP contribution in [0.5, 0.6) is 0 Å². The zero-order valence-electron chi connectivity index (χ0n) is 16.1. The maximum Gasteiger partial charge on any atom is 0.339 e. The fraction of sp³-hybridized carbons (Fsp3) is 0.364. The third-order valence-electron chi connectivity index (χ3n) is 5.71. The Kier molecular flexibility index (Phi) is 4.71. The maximum atomic E-state index is 12.8. The van der Waals surface area contributed by atoms with Crippen molar-refractivity contribution in [3.05, 3.63) is 58.7 Å². The third kappa shape index (κ3) is 3.09. The van der Waals surface area contributed by atoms with Crippen molar-refractivity contribution in [3.8, 4) is 0 Å². The van der Waals surface area contributed by atoms with Gasteiger partial charge in [-0.05, 0) is 37.3 Å². The Hall–Kier alpha value is -3.02. The van der Waals surface area contributed by atoms with Crippen LogP contribution in [0.1, 0.15) is 63.6 Å². The van der Waals surface area contributed by atoms with Gasteiger partial charge in [0, 0.05) is 42.2 Å². The molecule has 0 unspecified atom stereocenters. The topological polar surface area (TPSA) is 86.5 Å². The van der Waals surface area contributed by atoms with E-state index in [1.54, 1.807) is 4.90 Å². The zero-order valence-corrected chi connectivity index (χ0v) is 16.1. The number of carboxylic acid groups (broad SMARTS) is 1. The minimum absolute atomic E-state index is 0.0788. The quantitative estimate of drug-likeness (QED) is 0.704. The first-order valence-corrected chi connectivity index (χ1v) is 9.72. The van der Waals surface area contributed by atoms with Gasteiger partial charge in [0.25, 0.3) is 5.91 Å². The Bertz CT molecular complexity index is 1040. The van der Waals surface area contributed by atoms with E-state index in [0.29, 0.717) is 31.2 Å². The summed E-state index contributed by atoms with van der Waals surface area (Å²) < 4.78 is 5.54. The van der Waals surface area contributed by atoms with Gasteiger partial charge >= 0.3 is 5.97 Å². The predicted octanol–water partition coefficient (Wildman–Crippen LogP) is 4.35. The molecule has 4 rings (SSSR count). The highest BCUT2D eigenvalue weighted by Crippen LogP contribution is 2.36. The Labute approximate surface area is 163 Å². The molecule has 0 spiro atoms. The summed E-state index contributed by atoms with van der Waals surface area (Å²) in [6.07, 6.45) is 2.19. The van der Waals surface area contributed by atoms with Gasteiger partial charge in [0.2, 0.25) is 0 Å². The predicted molar refractivity (Wildman–Crippen MR) is 106 cm³/mol. The number of carbonyl (C=O) groups is 2. The molecule has 0 aliphatic carbocycles. The molecule has 6 heteroatoms. The first kappa shape index (κ1) is 18.3. The lowest BCUT2D eigenvalue weighted by molar-refractivity contribution is 0.0674. The molecule has 0 atom stereocenters. The van der Waals surface area contributed by atoms with Gasteiger partial charge < -0.3 is 19.4 Å². The van der Waals surface area contributed by atoms with Gasteiger partial charge in [-0.3, -0.25) is 4.79 Å². The van der Waals surface area contributed by atoms with E-state index in [0.717, 1.165) is 18.4 Å². The molecule has 1 saturated heterocycles. The Morgan fingerprint density at radius 2 is 1.96 bits per heavy atom. The number of amides is 1. The highest BCUT2D eigenvalue weighted by molar-refractivity contribution is 5.96. The summed E-state index contributed by atoms with van der Waals surface area (Å²) in [6, 6.07) is 9.68. The SMILES string of the molecule is CCc1oc(C(=O)N2CCC(c3c(C)[nH]c4ccccc34)CC2)cc1C(=O)O. The maximum absolute atomic E-state index is 12.8.